The summed E-state index contributed by atoms with van der Waals surface area (Å²) in [5.74, 6) is -0.179. The van der Waals surface area contributed by atoms with Crippen molar-refractivity contribution < 1.29 is 36.7 Å². The van der Waals surface area contributed by atoms with Crippen LogP contribution in [0, 0.1) is 0 Å². The number of furan rings is 1. The first-order valence-corrected chi connectivity index (χ1v) is 11.6. The van der Waals surface area contributed by atoms with Crippen molar-refractivity contribution >= 4 is 17.9 Å². The average Bonchev–Trinajstić information content (AvgIpc) is 3.59. The van der Waals surface area contributed by atoms with Gasteiger partial charge in [0, 0.05) is 30.4 Å². The lowest BCUT2D eigenvalue weighted by Gasteiger charge is -2.13. The molecule has 1 atom stereocenters. The summed E-state index contributed by atoms with van der Waals surface area (Å²) in [7, 11) is 1.51. The van der Waals surface area contributed by atoms with Crippen LogP contribution >= 0.6 is 0 Å². The second kappa shape index (κ2) is 11.3. The van der Waals surface area contributed by atoms with Crippen molar-refractivity contribution in [1.29, 1.82) is 0 Å². The Bertz CT molecular complexity index is 1280. The number of benzene rings is 2. The van der Waals surface area contributed by atoms with Crippen LogP contribution in [0.5, 0.6) is 5.75 Å². The van der Waals surface area contributed by atoms with Gasteiger partial charge in [0.25, 0.3) is 11.8 Å². The highest BCUT2D eigenvalue weighted by Gasteiger charge is 2.30. The molecule has 1 aliphatic rings. The van der Waals surface area contributed by atoms with Gasteiger partial charge in [-0.05, 0) is 61.4 Å². The fourth-order valence-corrected chi connectivity index (χ4v) is 3.78. The second-order valence-corrected chi connectivity index (χ2v) is 8.37. The Kier molecular flexibility index (Phi) is 7.98. The van der Waals surface area contributed by atoms with E-state index in [9.17, 15) is 22.8 Å². The number of alkyl halides is 3. The number of halogens is 3. The molecular weight excluding hydrogens is 489 g/mol. The first-order chi connectivity index (χ1) is 17.7. The van der Waals surface area contributed by atoms with Crippen LogP contribution in [0.1, 0.15) is 34.5 Å². The summed E-state index contributed by atoms with van der Waals surface area (Å²) in [5, 5.41) is 5.34. The van der Waals surface area contributed by atoms with E-state index in [1.54, 1.807) is 24.3 Å². The minimum absolute atomic E-state index is 0.0937. The van der Waals surface area contributed by atoms with E-state index in [0.29, 0.717) is 17.9 Å². The third kappa shape index (κ3) is 6.79. The summed E-state index contributed by atoms with van der Waals surface area (Å²) in [6.45, 7) is 0.893. The van der Waals surface area contributed by atoms with E-state index < -0.39 is 23.6 Å². The van der Waals surface area contributed by atoms with Crippen LogP contribution in [0.4, 0.5) is 13.2 Å². The van der Waals surface area contributed by atoms with Crippen molar-refractivity contribution in [3.05, 3.63) is 83.2 Å². The van der Waals surface area contributed by atoms with Gasteiger partial charge in [-0.15, -0.1) is 0 Å². The topological polar surface area (TPSA) is 89.8 Å². The molecular formula is C27H25F3N2O5. The normalized spacial score (nSPS) is 15.9. The van der Waals surface area contributed by atoms with Gasteiger partial charge in [-0.2, -0.15) is 13.2 Å². The molecule has 4 rings (SSSR count). The number of hydrogen-bond acceptors (Lipinski definition) is 5. The van der Waals surface area contributed by atoms with Crippen LogP contribution in [0.25, 0.3) is 17.4 Å². The van der Waals surface area contributed by atoms with Crippen molar-refractivity contribution in [3.63, 3.8) is 0 Å². The SMILES string of the molecule is COc1ccc(C(=O)N/C(=C\c2ccc(-c3cccc(C(F)(F)F)c3)o2)C(=O)NC[C@@H]2CCCO2)cc1. The van der Waals surface area contributed by atoms with Gasteiger partial charge in [0.15, 0.2) is 0 Å². The zero-order valence-corrected chi connectivity index (χ0v) is 19.9. The highest BCUT2D eigenvalue weighted by molar-refractivity contribution is 6.05. The van der Waals surface area contributed by atoms with E-state index in [1.165, 1.54) is 37.5 Å². The van der Waals surface area contributed by atoms with Gasteiger partial charge in [0.2, 0.25) is 0 Å². The van der Waals surface area contributed by atoms with Crippen LogP contribution in [-0.2, 0) is 15.7 Å². The molecule has 0 spiro atoms. The first kappa shape index (κ1) is 26.0. The Balaban J connectivity index is 1.57. The first-order valence-electron chi connectivity index (χ1n) is 11.6. The molecule has 0 radical (unpaired) electrons. The molecule has 1 fully saturated rings. The van der Waals surface area contributed by atoms with E-state index in [0.717, 1.165) is 25.0 Å². The number of hydrogen-bond donors (Lipinski definition) is 2. The number of carbonyl (C=O) groups excluding carboxylic acids is 2. The third-order valence-corrected chi connectivity index (χ3v) is 5.75. The number of rotatable bonds is 8. The van der Waals surface area contributed by atoms with Crippen LogP contribution in [0.2, 0.25) is 0 Å². The molecule has 37 heavy (non-hydrogen) atoms. The number of methoxy groups -OCH3 is 1. The highest BCUT2D eigenvalue weighted by Crippen LogP contribution is 2.33. The molecule has 0 bridgehead atoms. The average molecular weight is 515 g/mol. The van der Waals surface area contributed by atoms with Crippen LogP contribution in [0.15, 0.2) is 70.8 Å². The molecule has 2 heterocycles. The lowest BCUT2D eigenvalue weighted by molar-refractivity contribution is -0.137. The summed E-state index contributed by atoms with van der Waals surface area (Å²) in [6.07, 6.45) is -1.56. The van der Waals surface area contributed by atoms with E-state index in [2.05, 4.69) is 10.6 Å². The molecule has 2 N–H and O–H groups in total. The number of carbonyl (C=O) groups is 2. The minimum Gasteiger partial charge on any atom is -0.497 e. The van der Waals surface area contributed by atoms with Crippen molar-refractivity contribution in [2.75, 3.05) is 20.3 Å². The van der Waals surface area contributed by atoms with Gasteiger partial charge in [-0.25, -0.2) is 0 Å². The predicted molar refractivity (Wildman–Crippen MR) is 130 cm³/mol. The Hall–Kier alpha value is -4.05. The fourth-order valence-electron chi connectivity index (χ4n) is 3.78. The van der Waals surface area contributed by atoms with Crippen molar-refractivity contribution in [2.45, 2.75) is 25.1 Å². The van der Waals surface area contributed by atoms with E-state index in [-0.39, 0.29) is 35.4 Å². The molecule has 7 nitrogen and oxygen atoms in total. The maximum atomic E-state index is 13.1. The summed E-state index contributed by atoms with van der Waals surface area (Å²) in [5.41, 5.74) is -0.382. The number of nitrogens with one attached hydrogen (secondary N) is 2. The van der Waals surface area contributed by atoms with Crippen molar-refractivity contribution in [2.24, 2.45) is 0 Å². The third-order valence-electron chi connectivity index (χ3n) is 5.75. The van der Waals surface area contributed by atoms with Crippen molar-refractivity contribution in [3.8, 4) is 17.1 Å². The Morgan fingerprint density at radius 3 is 2.57 bits per heavy atom. The molecule has 10 heteroatoms. The fraction of sp³-hybridized carbons (Fsp3) is 0.259. The molecule has 0 saturated carbocycles. The molecule has 0 unspecified atom stereocenters. The van der Waals surface area contributed by atoms with Gasteiger partial charge in [-0.1, -0.05) is 12.1 Å². The zero-order chi connectivity index (χ0) is 26.4. The Morgan fingerprint density at radius 1 is 1.11 bits per heavy atom. The van der Waals surface area contributed by atoms with Gasteiger partial charge in [0.05, 0.1) is 18.8 Å². The van der Waals surface area contributed by atoms with Gasteiger partial charge in [-0.3, -0.25) is 9.59 Å². The molecule has 1 saturated heterocycles. The van der Waals surface area contributed by atoms with Crippen LogP contribution in [0.3, 0.4) is 0 Å². The largest absolute Gasteiger partial charge is 0.497 e. The number of ether oxygens (including phenoxy) is 2. The molecule has 3 aromatic rings. The van der Waals surface area contributed by atoms with Gasteiger partial charge < -0.3 is 24.5 Å². The molecule has 2 aromatic carbocycles. The lowest BCUT2D eigenvalue weighted by Crippen LogP contribution is -2.38. The van der Waals surface area contributed by atoms with E-state index in [4.69, 9.17) is 13.9 Å². The molecule has 1 aliphatic heterocycles. The summed E-state index contributed by atoms with van der Waals surface area (Å²) >= 11 is 0. The predicted octanol–water partition coefficient (Wildman–Crippen LogP) is 5.04. The standard InChI is InChI=1S/C27H25F3N2O5/c1-35-20-9-7-17(8-10-20)25(33)32-23(26(34)31-16-22-6-3-13-36-22)15-21-11-12-24(37-21)18-4-2-5-19(14-18)27(28,29)30/h2,4-5,7-12,14-15,22H,3,6,13,16H2,1H3,(H,31,34)(H,32,33)/b23-15-/t22-/m0/s1. The van der Waals surface area contributed by atoms with Crippen LogP contribution < -0.4 is 15.4 Å². The second-order valence-electron chi connectivity index (χ2n) is 8.37. The smallest absolute Gasteiger partial charge is 0.416 e. The number of amides is 2. The molecule has 1 aromatic heterocycles. The van der Waals surface area contributed by atoms with E-state index in [1.807, 2.05) is 0 Å². The summed E-state index contributed by atoms with van der Waals surface area (Å²) in [4.78, 5) is 25.8. The summed E-state index contributed by atoms with van der Waals surface area (Å²) < 4.78 is 55.6. The molecule has 194 valence electrons. The van der Waals surface area contributed by atoms with E-state index >= 15 is 0 Å². The highest BCUT2D eigenvalue weighted by atomic mass is 19.4. The van der Waals surface area contributed by atoms with Crippen LogP contribution in [-0.4, -0.2) is 38.2 Å². The maximum Gasteiger partial charge on any atom is 0.416 e. The lowest BCUT2D eigenvalue weighted by atomic mass is 10.1. The quantitative estimate of drug-likeness (QED) is 0.411. The van der Waals surface area contributed by atoms with Gasteiger partial charge >= 0.3 is 6.18 Å². The monoisotopic (exact) mass is 514 g/mol. The summed E-state index contributed by atoms with van der Waals surface area (Å²) in [6, 6.07) is 14.1. The Labute approximate surface area is 211 Å². The molecule has 2 amide bonds. The minimum atomic E-state index is -4.49. The Morgan fingerprint density at radius 2 is 1.89 bits per heavy atom. The van der Waals surface area contributed by atoms with Gasteiger partial charge in [0.1, 0.15) is 23.0 Å². The molecule has 0 aliphatic carbocycles. The maximum absolute atomic E-state index is 13.1. The van der Waals surface area contributed by atoms with Crippen molar-refractivity contribution in [1.82, 2.24) is 10.6 Å². The zero-order valence-electron chi connectivity index (χ0n) is 19.9.